The summed E-state index contributed by atoms with van der Waals surface area (Å²) in [5, 5.41) is 3.05. The zero-order valence-electron chi connectivity index (χ0n) is 12.4. The number of hydrogen-bond acceptors (Lipinski definition) is 3. The van der Waals surface area contributed by atoms with Crippen LogP contribution in [0.5, 0.6) is 0 Å². The highest BCUT2D eigenvalue weighted by Gasteiger charge is 2.35. The fourth-order valence-electron chi connectivity index (χ4n) is 2.40. The predicted octanol–water partition coefficient (Wildman–Crippen LogP) is 1.68. The van der Waals surface area contributed by atoms with Gasteiger partial charge in [0.15, 0.2) is 0 Å². The number of nitrogens with two attached hydrogens (primary N) is 1. The Kier molecular flexibility index (Phi) is 6.20. The Labute approximate surface area is 122 Å². The average molecular weight is 285 g/mol. The summed E-state index contributed by atoms with van der Waals surface area (Å²) in [5.74, 6) is -0.0491. The molecule has 2 atom stereocenters. The standard InChI is InChI=1S/C14H27N3OS/c1-4-14(3,12(15)19)13(18)16-11(2)10-17-8-6-5-7-9-17/h11H,4-10H2,1-3H3,(H2,15,19)(H,16,18). The molecule has 0 bridgehead atoms. The Balaban J connectivity index is 2.48. The van der Waals surface area contributed by atoms with Crippen LogP contribution in [-0.4, -0.2) is 41.5 Å². The van der Waals surface area contributed by atoms with E-state index in [1.54, 1.807) is 0 Å². The molecule has 1 rings (SSSR count). The second-order valence-corrected chi connectivity index (χ2v) is 6.23. The molecule has 0 aromatic heterocycles. The molecule has 0 saturated carbocycles. The van der Waals surface area contributed by atoms with Crippen LogP contribution in [0.15, 0.2) is 0 Å². The first-order chi connectivity index (χ1) is 8.90. The third-order valence-electron chi connectivity index (χ3n) is 4.11. The molecule has 1 fully saturated rings. The van der Waals surface area contributed by atoms with Gasteiger partial charge in [-0.25, -0.2) is 0 Å². The number of carbonyl (C=O) groups is 1. The van der Waals surface area contributed by atoms with Crippen LogP contribution in [0.4, 0.5) is 0 Å². The van der Waals surface area contributed by atoms with Crippen molar-refractivity contribution in [2.24, 2.45) is 11.1 Å². The number of rotatable bonds is 6. The zero-order valence-corrected chi connectivity index (χ0v) is 13.2. The molecular weight excluding hydrogens is 258 g/mol. The number of nitrogens with one attached hydrogen (secondary N) is 1. The zero-order chi connectivity index (χ0) is 14.5. The number of likely N-dealkylation sites (tertiary alicyclic amines) is 1. The lowest BCUT2D eigenvalue weighted by atomic mass is 9.86. The van der Waals surface area contributed by atoms with Gasteiger partial charge in [-0.05, 0) is 46.2 Å². The van der Waals surface area contributed by atoms with Crippen LogP contribution in [0.25, 0.3) is 0 Å². The molecule has 1 saturated heterocycles. The molecule has 110 valence electrons. The van der Waals surface area contributed by atoms with Crippen LogP contribution < -0.4 is 11.1 Å². The van der Waals surface area contributed by atoms with Crippen molar-refractivity contribution in [1.82, 2.24) is 10.2 Å². The highest BCUT2D eigenvalue weighted by molar-refractivity contribution is 7.80. The van der Waals surface area contributed by atoms with Crippen molar-refractivity contribution in [3.8, 4) is 0 Å². The molecule has 0 aromatic carbocycles. The van der Waals surface area contributed by atoms with Gasteiger partial charge < -0.3 is 16.0 Å². The van der Waals surface area contributed by atoms with Crippen LogP contribution in [0, 0.1) is 5.41 Å². The molecule has 2 unspecified atom stereocenters. The Hall–Kier alpha value is -0.680. The van der Waals surface area contributed by atoms with Gasteiger partial charge in [0.2, 0.25) is 5.91 Å². The molecule has 1 aliphatic rings. The number of carbonyl (C=O) groups excluding carboxylic acids is 1. The van der Waals surface area contributed by atoms with Crippen molar-refractivity contribution in [2.45, 2.75) is 52.5 Å². The summed E-state index contributed by atoms with van der Waals surface area (Å²) in [4.78, 5) is 15.0. The van der Waals surface area contributed by atoms with E-state index in [4.69, 9.17) is 18.0 Å². The minimum Gasteiger partial charge on any atom is -0.392 e. The van der Waals surface area contributed by atoms with E-state index in [0.29, 0.717) is 6.42 Å². The quantitative estimate of drug-likeness (QED) is 0.729. The van der Waals surface area contributed by atoms with Gasteiger partial charge >= 0.3 is 0 Å². The van der Waals surface area contributed by atoms with Crippen LogP contribution in [0.3, 0.4) is 0 Å². The van der Waals surface area contributed by atoms with Gasteiger partial charge in [-0.1, -0.05) is 25.6 Å². The second kappa shape index (κ2) is 7.20. The van der Waals surface area contributed by atoms with Crippen molar-refractivity contribution < 1.29 is 4.79 Å². The van der Waals surface area contributed by atoms with E-state index in [1.165, 1.54) is 19.3 Å². The molecular formula is C14H27N3OS. The molecule has 19 heavy (non-hydrogen) atoms. The van der Waals surface area contributed by atoms with E-state index in [-0.39, 0.29) is 16.9 Å². The maximum absolute atomic E-state index is 12.3. The number of amides is 1. The van der Waals surface area contributed by atoms with Crippen molar-refractivity contribution in [1.29, 1.82) is 0 Å². The summed E-state index contributed by atoms with van der Waals surface area (Å²) in [7, 11) is 0. The van der Waals surface area contributed by atoms with Crippen molar-refractivity contribution in [2.75, 3.05) is 19.6 Å². The summed E-state index contributed by atoms with van der Waals surface area (Å²) in [5.41, 5.74) is 4.97. The monoisotopic (exact) mass is 285 g/mol. The first kappa shape index (κ1) is 16.4. The van der Waals surface area contributed by atoms with Gasteiger partial charge in [-0.15, -0.1) is 0 Å². The lowest BCUT2D eigenvalue weighted by Crippen LogP contribution is -2.51. The molecule has 4 nitrogen and oxygen atoms in total. The summed E-state index contributed by atoms with van der Waals surface area (Å²) >= 11 is 5.03. The second-order valence-electron chi connectivity index (χ2n) is 5.79. The van der Waals surface area contributed by atoms with Gasteiger partial charge in [0.25, 0.3) is 0 Å². The van der Waals surface area contributed by atoms with Crippen LogP contribution in [-0.2, 0) is 4.79 Å². The van der Waals surface area contributed by atoms with E-state index >= 15 is 0 Å². The molecule has 0 radical (unpaired) electrons. The summed E-state index contributed by atoms with van der Waals surface area (Å²) in [6, 6.07) is 0.130. The number of thiocarbonyl (C=S) groups is 1. The van der Waals surface area contributed by atoms with Gasteiger partial charge in [-0.3, -0.25) is 4.79 Å². The van der Waals surface area contributed by atoms with Crippen molar-refractivity contribution in [3.05, 3.63) is 0 Å². The Morgan fingerprint density at radius 3 is 2.47 bits per heavy atom. The van der Waals surface area contributed by atoms with E-state index in [9.17, 15) is 4.79 Å². The molecule has 3 N–H and O–H groups in total. The maximum atomic E-state index is 12.3. The molecule has 1 aliphatic heterocycles. The first-order valence-corrected chi connectivity index (χ1v) is 7.64. The molecule has 1 heterocycles. The maximum Gasteiger partial charge on any atom is 0.233 e. The predicted molar refractivity (Wildman–Crippen MR) is 83.1 cm³/mol. The fraction of sp³-hybridized carbons (Fsp3) is 0.857. The molecule has 0 aromatic rings. The van der Waals surface area contributed by atoms with E-state index in [0.717, 1.165) is 19.6 Å². The minimum absolute atomic E-state index is 0.0491. The van der Waals surface area contributed by atoms with Gasteiger partial charge in [0.1, 0.15) is 0 Å². The Morgan fingerprint density at radius 2 is 2.00 bits per heavy atom. The summed E-state index contributed by atoms with van der Waals surface area (Å²) in [6.07, 6.45) is 4.48. The molecule has 0 spiro atoms. The summed E-state index contributed by atoms with van der Waals surface area (Å²) < 4.78 is 0. The number of nitrogens with zero attached hydrogens (tertiary/aromatic N) is 1. The van der Waals surface area contributed by atoms with Crippen molar-refractivity contribution >= 4 is 23.1 Å². The van der Waals surface area contributed by atoms with Crippen molar-refractivity contribution in [3.63, 3.8) is 0 Å². The highest BCUT2D eigenvalue weighted by Crippen LogP contribution is 2.22. The molecule has 5 heteroatoms. The molecule has 1 amide bonds. The van der Waals surface area contributed by atoms with Gasteiger partial charge in [0.05, 0.1) is 10.4 Å². The largest absolute Gasteiger partial charge is 0.392 e. The third kappa shape index (κ3) is 4.42. The fourth-order valence-corrected chi connectivity index (χ4v) is 2.64. The lowest BCUT2D eigenvalue weighted by Gasteiger charge is -2.32. The SMILES string of the molecule is CCC(C)(C(=O)NC(C)CN1CCCCC1)C(N)=S. The van der Waals surface area contributed by atoms with E-state index in [1.807, 2.05) is 20.8 Å². The van der Waals surface area contributed by atoms with E-state index in [2.05, 4.69) is 10.2 Å². The molecule has 0 aliphatic carbocycles. The number of piperidine rings is 1. The Bertz CT molecular complexity index is 329. The van der Waals surface area contributed by atoms with Crippen LogP contribution in [0.2, 0.25) is 0 Å². The lowest BCUT2D eigenvalue weighted by molar-refractivity contribution is -0.127. The highest BCUT2D eigenvalue weighted by atomic mass is 32.1. The van der Waals surface area contributed by atoms with E-state index < -0.39 is 5.41 Å². The third-order valence-corrected chi connectivity index (χ3v) is 4.56. The topological polar surface area (TPSA) is 58.4 Å². The Morgan fingerprint density at radius 1 is 1.42 bits per heavy atom. The normalized spacial score (nSPS) is 21.4. The first-order valence-electron chi connectivity index (χ1n) is 7.23. The smallest absolute Gasteiger partial charge is 0.233 e. The summed E-state index contributed by atoms with van der Waals surface area (Å²) in [6.45, 7) is 8.98. The van der Waals surface area contributed by atoms with Gasteiger partial charge in [0, 0.05) is 12.6 Å². The minimum atomic E-state index is -0.731. The van der Waals surface area contributed by atoms with Crippen LogP contribution in [0.1, 0.15) is 46.5 Å². The van der Waals surface area contributed by atoms with Crippen LogP contribution >= 0.6 is 12.2 Å². The average Bonchev–Trinajstić information content (AvgIpc) is 2.38. The van der Waals surface area contributed by atoms with Gasteiger partial charge in [-0.2, -0.15) is 0 Å². The number of hydrogen-bond donors (Lipinski definition) is 2.